The number of halogens is 1. The summed E-state index contributed by atoms with van der Waals surface area (Å²) < 4.78 is 6.47. The molecule has 0 saturated heterocycles. The number of nitrogens with zero attached hydrogens (tertiary/aromatic N) is 1. The van der Waals surface area contributed by atoms with Crippen molar-refractivity contribution in [2.24, 2.45) is 0 Å². The van der Waals surface area contributed by atoms with Gasteiger partial charge in [0.15, 0.2) is 0 Å². The molecule has 0 bridgehead atoms. The minimum atomic E-state index is 0.335. The maximum atomic E-state index is 5.47. The first-order chi connectivity index (χ1) is 7.68. The topological polar surface area (TPSA) is 34.1 Å². The van der Waals surface area contributed by atoms with Crippen molar-refractivity contribution in [3.63, 3.8) is 0 Å². The molecule has 0 unspecified atom stereocenters. The van der Waals surface area contributed by atoms with Crippen LogP contribution in [0.5, 0.6) is 0 Å². The van der Waals surface area contributed by atoms with Crippen LogP contribution in [0.4, 0.5) is 5.69 Å². The molecule has 0 spiro atoms. The molecule has 1 aromatic heterocycles. The molecule has 0 aliphatic heterocycles. The van der Waals surface area contributed by atoms with Gasteiger partial charge in [0.1, 0.15) is 0 Å². The molecule has 90 valence electrons. The molecule has 16 heavy (non-hydrogen) atoms. The van der Waals surface area contributed by atoms with E-state index < -0.39 is 0 Å². The van der Waals surface area contributed by atoms with E-state index in [9.17, 15) is 0 Å². The number of aromatic nitrogens is 1. The second-order valence-corrected chi connectivity index (χ2v) is 4.86. The van der Waals surface area contributed by atoms with E-state index in [1.165, 1.54) is 0 Å². The van der Waals surface area contributed by atoms with Gasteiger partial charge >= 0.3 is 0 Å². The van der Waals surface area contributed by atoms with Crippen LogP contribution < -0.4 is 5.32 Å². The first-order valence-corrected chi connectivity index (χ1v) is 6.44. The summed E-state index contributed by atoms with van der Waals surface area (Å²) in [5.41, 5.74) is 1.05. The van der Waals surface area contributed by atoms with Crippen molar-refractivity contribution in [2.45, 2.75) is 32.8 Å². The molecule has 0 fully saturated rings. The van der Waals surface area contributed by atoms with Gasteiger partial charge in [-0.3, -0.25) is 4.98 Å². The molecule has 4 heteroatoms. The molecule has 0 amide bonds. The number of unbranched alkanes of at least 4 members (excludes halogenated alkanes) is 1. The van der Waals surface area contributed by atoms with Gasteiger partial charge in [-0.05, 0) is 48.7 Å². The van der Waals surface area contributed by atoms with E-state index in [1.54, 1.807) is 6.20 Å². The maximum Gasteiger partial charge on any atom is 0.0538 e. The van der Waals surface area contributed by atoms with Crippen LogP contribution in [0.3, 0.4) is 0 Å². The lowest BCUT2D eigenvalue weighted by Gasteiger charge is -2.08. The van der Waals surface area contributed by atoms with Crippen LogP contribution in [-0.4, -0.2) is 24.2 Å². The minimum Gasteiger partial charge on any atom is -0.384 e. The SMILES string of the molecule is CC(C)OCCCCNc1cncc(Br)c1. The Bertz CT molecular complexity index is 305. The van der Waals surface area contributed by atoms with Gasteiger partial charge in [-0.1, -0.05) is 0 Å². The number of anilines is 1. The number of ether oxygens (including phenoxy) is 1. The standard InChI is InChI=1S/C12H19BrN2O/c1-10(2)16-6-4-3-5-15-12-7-11(13)8-14-9-12/h7-10,15H,3-6H2,1-2H3. The fraction of sp³-hybridized carbons (Fsp3) is 0.583. The van der Waals surface area contributed by atoms with E-state index in [-0.39, 0.29) is 0 Å². The Morgan fingerprint density at radius 1 is 1.38 bits per heavy atom. The zero-order chi connectivity index (χ0) is 11.8. The smallest absolute Gasteiger partial charge is 0.0538 e. The Kier molecular flexibility index (Phi) is 6.42. The highest BCUT2D eigenvalue weighted by atomic mass is 79.9. The molecule has 0 aliphatic carbocycles. The predicted octanol–water partition coefficient (Wildman–Crippen LogP) is 3.46. The molecule has 0 aliphatic rings. The Hall–Kier alpha value is -0.610. The van der Waals surface area contributed by atoms with Gasteiger partial charge < -0.3 is 10.1 Å². The normalized spacial score (nSPS) is 10.8. The fourth-order valence-corrected chi connectivity index (χ4v) is 1.65. The Morgan fingerprint density at radius 2 is 2.19 bits per heavy atom. The van der Waals surface area contributed by atoms with Crippen molar-refractivity contribution in [3.05, 3.63) is 22.9 Å². The quantitative estimate of drug-likeness (QED) is 0.780. The summed E-state index contributed by atoms with van der Waals surface area (Å²) in [4.78, 5) is 4.09. The van der Waals surface area contributed by atoms with Crippen molar-refractivity contribution in [1.29, 1.82) is 0 Å². The molecule has 3 nitrogen and oxygen atoms in total. The lowest BCUT2D eigenvalue weighted by Crippen LogP contribution is -2.07. The third-order valence-electron chi connectivity index (χ3n) is 2.06. The molecule has 0 aromatic carbocycles. The number of hydrogen-bond acceptors (Lipinski definition) is 3. The third kappa shape index (κ3) is 6.08. The summed E-state index contributed by atoms with van der Waals surface area (Å²) in [5.74, 6) is 0. The molecule has 1 N–H and O–H groups in total. The van der Waals surface area contributed by atoms with Crippen molar-refractivity contribution < 1.29 is 4.74 Å². The summed E-state index contributed by atoms with van der Waals surface area (Å²) >= 11 is 3.39. The van der Waals surface area contributed by atoms with Crippen LogP contribution in [0.25, 0.3) is 0 Å². The first-order valence-electron chi connectivity index (χ1n) is 5.64. The van der Waals surface area contributed by atoms with Crippen molar-refractivity contribution >= 4 is 21.6 Å². The first kappa shape index (κ1) is 13.5. The van der Waals surface area contributed by atoms with Crippen molar-refractivity contribution in [1.82, 2.24) is 4.98 Å². The number of hydrogen-bond donors (Lipinski definition) is 1. The van der Waals surface area contributed by atoms with E-state index in [0.29, 0.717) is 6.10 Å². The van der Waals surface area contributed by atoms with Gasteiger partial charge in [-0.25, -0.2) is 0 Å². The fourth-order valence-electron chi connectivity index (χ4n) is 1.29. The third-order valence-corrected chi connectivity index (χ3v) is 2.49. The van der Waals surface area contributed by atoms with Gasteiger partial charge in [0.25, 0.3) is 0 Å². The summed E-state index contributed by atoms with van der Waals surface area (Å²) in [5, 5.41) is 3.33. The van der Waals surface area contributed by atoms with Crippen LogP contribution in [-0.2, 0) is 4.74 Å². The van der Waals surface area contributed by atoms with Crippen LogP contribution in [0.2, 0.25) is 0 Å². The molecular weight excluding hydrogens is 268 g/mol. The highest BCUT2D eigenvalue weighted by Gasteiger charge is 1.95. The lowest BCUT2D eigenvalue weighted by atomic mass is 10.3. The number of nitrogens with one attached hydrogen (secondary N) is 1. The largest absolute Gasteiger partial charge is 0.384 e. The molecule has 1 aromatic rings. The van der Waals surface area contributed by atoms with Gasteiger partial charge in [0, 0.05) is 23.8 Å². The average Bonchev–Trinajstić information content (AvgIpc) is 2.23. The summed E-state index contributed by atoms with van der Waals surface area (Å²) in [6, 6.07) is 2.03. The van der Waals surface area contributed by atoms with Crippen LogP contribution >= 0.6 is 15.9 Å². The van der Waals surface area contributed by atoms with Gasteiger partial charge in [0.05, 0.1) is 18.0 Å². The van der Waals surface area contributed by atoms with Gasteiger partial charge in [0.2, 0.25) is 0 Å². The molecule has 1 heterocycles. The zero-order valence-electron chi connectivity index (χ0n) is 9.87. The Balaban J connectivity index is 2.07. The van der Waals surface area contributed by atoms with E-state index in [4.69, 9.17) is 4.74 Å². The molecule has 0 radical (unpaired) electrons. The zero-order valence-corrected chi connectivity index (χ0v) is 11.5. The van der Waals surface area contributed by atoms with Crippen LogP contribution in [0.15, 0.2) is 22.9 Å². The molecule has 0 saturated carbocycles. The molecule has 1 rings (SSSR count). The maximum absolute atomic E-state index is 5.47. The van der Waals surface area contributed by atoms with Gasteiger partial charge in [-0.2, -0.15) is 0 Å². The van der Waals surface area contributed by atoms with Crippen molar-refractivity contribution in [2.75, 3.05) is 18.5 Å². The van der Waals surface area contributed by atoms with E-state index in [1.807, 2.05) is 12.3 Å². The molecular formula is C12H19BrN2O. The number of rotatable bonds is 7. The molecule has 0 atom stereocenters. The highest BCUT2D eigenvalue weighted by Crippen LogP contribution is 2.13. The highest BCUT2D eigenvalue weighted by molar-refractivity contribution is 9.10. The average molecular weight is 287 g/mol. The predicted molar refractivity (Wildman–Crippen MR) is 70.7 cm³/mol. The number of pyridine rings is 1. The Morgan fingerprint density at radius 3 is 2.88 bits per heavy atom. The van der Waals surface area contributed by atoms with Crippen LogP contribution in [0.1, 0.15) is 26.7 Å². The second kappa shape index (κ2) is 7.63. The second-order valence-electron chi connectivity index (χ2n) is 3.95. The summed E-state index contributed by atoms with van der Waals surface area (Å²) in [6.07, 6.45) is 6.14. The Labute approximate surface area is 106 Å². The monoisotopic (exact) mass is 286 g/mol. The van der Waals surface area contributed by atoms with E-state index >= 15 is 0 Å². The van der Waals surface area contributed by atoms with E-state index in [0.717, 1.165) is 36.2 Å². The van der Waals surface area contributed by atoms with Crippen LogP contribution in [0, 0.1) is 0 Å². The lowest BCUT2D eigenvalue weighted by molar-refractivity contribution is 0.0765. The summed E-state index contributed by atoms with van der Waals surface area (Å²) in [6.45, 7) is 5.92. The summed E-state index contributed by atoms with van der Waals surface area (Å²) in [7, 11) is 0. The van der Waals surface area contributed by atoms with Crippen molar-refractivity contribution in [3.8, 4) is 0 Å². The van der Waals surface area contributed by atoms with E-state index in [2.05, 4.69) is 40.1 Å². The van der Waals surface area contributed by atoms with Gasteiger partial charge in [-0.15, -0.1) is 0 Å². The minimum absolute atomic E-state index is 0.335.